The van der Waals surface area contributed by atoms with E-state index in [1.807, 2.05) is 0 Å². The van der Waals surface area contributed by atoms with Crippen LogP contribution in [0.3, 0.4) is 0 Å². The Labute approximate surface area is 74.4 Å². The van der Waals surface area contributed by atoms with E-state index in [1.54, 1.807) is 0 Å². The molecular formula is C6H12INO2. The van der Waals surface area contributed by atoms with Crippen LogP contribution < -0.4 is 5.73 Å². The fraction of sp³-hybridized carbons (Fsp3) is 0.833. The Morgan fingerprint density at radius 3 is 2.80 bits per heavy atom. The molecule has 1 unspecified atom stereocenters. The number of carbonyl (C=O) groups excluding carboxylic acids is 1. The highest BCUT2D eigenvalue weighted by molar-refractivity contribution is 14.1. The molecular weight excluding hydrogens is 245 g/mol. The maximum Gasteiger partial charge on any atom is 0.404 e. The zero-order valence-corrected chi connectivity index (χ0v) is 8.13. The summed E-state index contributed by atoms with van der Waals surface area (Å²) in [6.45, 7) is 2.56. The number of nitrogens with two attached hydrogens (primary N) is 1. The molecule has 60 valence electrons. The first kappa shape index (κ1) is 10.0. The van der Waals surface area contributed by atoms with E-state index in [9.17, 15) is 4.79 Å². The highest BCUT2D eigenvalue weighted by Crippen LogP contribution is 2.06. The van der Waals surface area contributed by atoms with Gasteiger partial charge in [0.15, 0.2) is 0 Å². The molecule has 2 N–H and O–H groups in total. The van der Waals surface area contributed by atoms with E-state index in [1.165, 1.54) is 0 Å². The Morgan fingerprint density at radius 1 is 1.80 bits per heavy atom. The van der Waals surface area contributed by atoms with Crippen molar-refractivity contribution >= 4 is 28.7 Å². The van der Waals surface area contributed by atoms with Crippen molar-refractivity contribution in [2.75, 3.05) is 6.61 Å². The van der Waals surface area contributed by atoms with Gasteiger partial charge in [-0.15, -0.1) is 0 Å². The van der Waals surface area contributed by atoms with Crippen molar-refractivity contribution in [2.24, 2.45) is 5.73 Å². The summed E-state index contributed by atoms with van der Waals surface area (Å²) >= 11 is 2.33. The molecule has 3 nitrogen and oxygen atoms in total. The number of alkyl halides is 1. The molecule has 0 bridgehead atoms. The van der Waals surface area contributed by atoms with Gasteiger partial charge in [-0.25, -0.2) is 4.79 Å². The fourth-order valence-corrected chi connectivity index (χ4v) is 0.978. The van der Waals surface area contributed by atoms with Gasteiger partial charge in [-0.05, 0) is 12.8 Å². The lowest BCUT2D eigenvalue weighted by atomic mass is 10.3. The normalized spacial score (nSPS) is 12.6. The van der Waals surface area contributed by atoms with E-state index >= 15 is 0 Å². The number of hydrogen-bond donors (Lipinski definition) is 1. The van der Waals surface area contributed by atoms with Crippen LogP contribution in [0.25, 0.3) is 0 Å². The summed E-state index contributed by atoms with van der Waals surface area (Å²) < 4.78 is 5.16. The first-order valence-electron chi connectivity index (χ1n) is 3.19. The molecule has 0 rings (SSSR count). The monoisotopic (exact) mass is 257 g/mol. The number of carbonyl (C=O) groups is 1. The number of ether oxygens (including phenoxy) is 1. The van der Waals surface area contributed by atoms with Gasteiger partial charge in [-0.1, -0.05) is 29.5 Å². The first-order chi connectivity index (χ1) is 4.63. The van der Waals surface area contributed by atoms with Crippen molar-refractivity contribution in [3.63, 3.8) is 0 Å². The molecule has 0 aliphatic carbocycles. The summed E-state index contributed by atoms with van der Waals surface area (Å²) in [4.78, 5) is 10.0. The van der Waals surface area contributed by atoms with Crippen molar-refractivity contribution in [2.45, 2.75) is 23.7 Å². The van der Waals surface area contributed by atoms with Crippen LogP contribution in [0.15, 0.2) is 0 Å². The molecule has 10 heavy (non-hydrogen) atoms. The predicted molar refractivity (Wildman–Crippen MR) is 48.3 cm³/mol. The zero-order valence-electron chi connectivity index (χ0n) is 5.97. The second-order valence-electron chi connectivity index (χ2n) is 2.09. The third kappa shape index (κ3) is 8.00. The maximum atomic E-state index is 10.0. The summed E-state index contributed by atoms with van der Waals surface area (Å²) in [5.41, 5.74) is 4.75. The summed E-state index contributed by atoms with van der Waals surface area (Å²) in [5, 5.41) is 0. The Balaban J connectivity index is 2.98. The van der Waals surface area contributed by atoms with Crippen molar-refractivity contribution in [1.29, 1.82) is 0 Å². The van der Waals surface area contributed by atoms with Crippen molar-refractivity contribution in [3.8, 4) is 0 Å². The molecule has 0 aliphatic rings. The van der Waals surface area contributed by atoms with Crippen LogP contribution in [0.2, 0.25) is 0 Å². The largest absolute Gasteiger partial charge is 0.450 e. The van der Waals surface area contributed by atoms with Crippen molar-refractivity contribution in [1.82, 2.24) is 0 Å². The quantitative estimate of drug-likeness (QED) is 0.473. The Bertz CT molecular complexity index is 106. The maximum absolute atomic E-state index is 10.0. The van der Waals surface area contributed by atoms with Crippen LogP contribution in [0.1, 0.15) is 19.8 Å². The van der Waals surface area contributed by atoms with Crippen molar-refractivity contribution < 1.29 is 9.53 Å². The minimum atomic E-state index is -0.680. The molecule has 1 atom stereocenters. The molecule has 1 amide bonds. The standard InChI is InChI=1S/C6H12INO2/c1-5(7)3-2-4-10-6(8)9/h5H,2-4H2,1H3,(H2,8,9). The molecule has 0 aromatic heterocycles. The minimum Gasteiger partial charge on any atom is -0.450 e. The zero-order chi connectivity index (χ0) is 7.98. The lowest BCUT2D eigenvalue weighted by Crippen LogP contribution is -2.13. The molecule has 0 heterocycles. The third-order valence-electron chi connectivity index (χ3n) is 0.991. The lowest BCUT2D eigenvalue weighted by Gasteiger charge is -2.02. The summed E-state index contributed by atoms with van der Waals surface area (Å²) in [7, 11) is 0. The van der Waals surface area contributed by atoms with E-state index in [0.717, 1.165) is 12.8 Å². The second-order valence-corrected chi connectivity index (χ2v) is 4.22. The Morgan fingerprint density at radius 2 is 2.40 bits per heavy atom. The van der Waals surface area contributed by atoms with Crippen LogP contribution >= 0.6 is 22.6 Å². The fourth-order valence-electron chi connectivity index (χ4n) is 0.537. The summed E-state index contributed by atoms with van der Waals surface area (Å²) in [6.07, 6.45) is 1.28. The summed E-state index contributed by atoms with van der Waals surface area (Å²) in [5.74, 6) is 0. The number of primary amides is 1. The third-order valence-corrected chi connectivity index (χ3v) is 1.61. The van der Waals surface area contributed by atoms with Gasteiger partial charge in [0, 0.05) is 3.92 Å². The second kappa shape index (κ2) is 5.76. The molecule has 0 spiro atoms. The molecule has 0 aromatic carbocycles. The predicted octanol–water partition coefficient (Wildman–Crippen LogP) is 1.69. The van der Waals surface area contributed by atoms with E-state index in [-0.39, 0.29) is 0 Å². The van der Waals surface area contributed by atoms with Gasteiger partial charge < -0.3 is 10.5 Å². The number of rotatable bonds is 4. The number of halogens is 1. The average molecular weight is 257 g/mol. The average Bonchev–Trinajstić information content (AvgIpc) is 1.79. The van der Waals surface area contributed by atoms with Gasteiger partial charge in [0.1, 0.15) is 0 Å². The Kier molecular flexibility index (Phi) is 5.76. The Hall–Kier alpha value is 0. The number of hydrogen-bond acceptors (Lipinski definition) is 2. The molecule has 0 aliphatic heterocycles. The van der Waals surface area contributed by atoms with Gasteiger partial charge in [0.05, 0.1) is 6.61 Å². The van der Waals surface area contributed by atoms with E-state index in [0.29, 0.717) is 10.5 Å². The van der Waals surface area contributed by atoms with E-state index in [4.69, 9.17) is 5.73 Å². The minimum absolute atomic E-state index is 0.447. The van der Waals surface area contributed by atoms with Gasteiger partial charge in [-0.3, -0.25) is 0 Å². The molecule has 0 radical (unpaired) electrons. The molecule has 0 fully saturated rings. The van der Waals surface area contributed by atoms with Crippen LogP contribution in [0.5, 0.6) is 0 Å². The van der Waals surface area contributed by atoms with E-state index in [2.05, 4.69) is 34.3 Å². The highest BCUT2D eigenvalue weighted by Gasteiger charge is 1.96. The van der Waals surface area contributed by atoms with Crippen LogP contribution in [-0.4, -0.2) is 16.6 Å². The molecule has 0 saturated heterocycles. The number of amides is 1. The van der Waals surface area contributed by atoms with Gasteiger partial charge in [0.2, 0.25) is 0 Å². The lowest BCUT2D eigenvalue weighted by molar-refractivity contribution is 0.155. The molecule has 0 saturated carbocycles. The van der Waals surface area contributed by atoms with E-state index < -0.39 is 6.09 Å². The SMILES string of the molecule is CC(I)CCCOC(N)=O. The smallest absolute Gasteiger partial charge is 0.404 e. The van der Waals surface area contributed by atoms with Gasteiger partial charge in [0.25, 0.3) is 0 Å². The topological polar surface area (TPSA) is 52.3 Å². The molecule has 0 aromatic rings. The van der Waals surface area contributed by atoms with Crippen LogP contribution in [0, 0.1) is 0 Å². The highest BCUT2D eigenvalue weighted by atomic mass is 127. The molecule has 4 heteroatoms. The van der Waals surface area contributed by atoms with Crippen LogP contribution in [0.4, 0.5) is 4.79 Å². The summed E-state index contributed by atoms with van der Waals surface area (Å²) in [6, 6.07) is 0. The van der Waals surface area contributed by atoms with Crippen molar-refractivity contribution in [3.05, 3.63) is 0 Å². The van der Waals surface area contributed by atoms with Gasteiger partial charge >= 0.3 is 6.09 Å². The van der Waals surface area contributed by atoms with Crippen LogP contribution in [-0.2, 0) is 4.74 Å². The first-order valence-corrected chi connectivity index (χ1v) is 4.44. The van der Waals surface area contributed by atoms with Gasteiger partial charge in [-0.2, -0.15) is 0 Å².